The molecule has 0 atom stereocenters. The number of halogens is 3. The minimum atomic E-state index is -4.57. The number of carbonyl (C=O) groups is 1. The number of aromatic nitrogens is 1. The highest BCUT2D eigenvalue weighted by Gasteiger charge is 2.37. The molecule has 0 saturated carbocycles. The van der Waals surface area contributed by atoms with Crippen LogP contribution in [0.5, 0.6) is 0 Å². The van der Waals surface area contributed by atoms with Crippen LogP contribution < -0.4 is 10.2 Å². The number of benzene rings is 2. The van der Waals surface area contributed by atoms with E-state index in [1.54, 1.807) is 42.5 Å². The van der Waals surface area contributed by atoms with E-state index in [-0.39, 0.29) is 10.4 Å². The van der Waals surface area contributed by atoms with Crippen LogP contribution >= 0.6 is 11.3 Å². The quantitative estimate of drug-likeness (QED) is 0.311. The Bertz CT molecular complexity index is 1370. The number of anilines is 2. The number of amides is 1. The minimum absolute atomic E-state index is 0.0164. The molecule has 5 nitrogen and oxygen atoms in total. The average molecular weight is 524 g/mol. The Labute approximate surface area is 216 Å². The van der Waals surface area contributed by atoms with Gasteiger partial charge in [-0.2, -0.15) is 13.2 Å². The number of hydrogen-bond acceptors (Lipinski definition) is 5. The van der Waals surface area contributed by atoms with Crippen molar-refractivity contribution in [3.63, 3.8) is 0 Å². The van der Waals surface area contributed by atoms with E-state index < -0.39 is 22.6 Å². The monoisotopic (exact) mass is 523 g/mol. The summed E-state index contributed by atoms with van der Waals surface area (Å²) < 4.78 is 41.0. The number of rotatable bonds is 5. The predicted molar refractivity (Wildman–Crippen MR) is 139 cm³/mol. The Morgan fingerprint density at radius 3 is 2.22 bits per heavy atom. The van der Waals surface area contributed by atoms with Gasteiger partial charge in [0.05, 0.1) is 22.4 Å². The molecule has 1 aliphatic rings. The van der Waals surface area contributed by atoms with Gasteiger partial charge >= 0.3 is 6.18 Å². The minimum Gasteiger partial charge on any atom is -0.385 e. The third-order valence-corrected chi connectivity index (χ3v) is 7.71. The van der Waals surface area contributed by atoms with Crippen molar-refractivity contribution < 1.29 is 23.1 Å². The van der Waals surface area contributed by atoms with Crippen molar-refractivity contribution in [2.24, 2.45) is 0 Å². The molecule has 1 aliphatic heterocycles. The van der Waals surface area contributed by atoms with Gasteiger partial charge in [-0.1, -0.05) is 60.7 Å². The van der Waals surface area contributed by atoms with E-state index in [2.05, 4.69) is 15.2 Å². The summed E-state index contributed by atoms with van der Waals surface area (Å²) in [7, 11) is 0. The lowest BCUT2D eigenvalue weighted by molar-refractivity contribution is -0.133. The standard InChI is InChI=1S/C28H24F3N3O2S/c29-28(30,31)25-22(19-7-3-1-4-8-19)17-23(37-25)26(35)33-21-11-12-24(32-18-21)34-15-13-27(36,14-16-34)20-9-5-2-6-10-20/h1-12,17-18,36H,13-16H2,(H,33,35). The number of alkyl halides is 3. The van der Waals surface area contributed by atoms with Crippen LogP contribution in [0.2, 0.25) is 0 Å². The average Bonchev–Trinajstić information content (AvgIpc) is 3.38. The summed E-state index contributed by atoms with van der Waals surface area (Å²) in [6.07, 6.45) is -1.97. The van der Waals surface area contributed by atoms with E-state index in [0.29, 0.717) is 54.3 Å². The van der Waals surface area contributed by atoms with Crippen LogP contribution in [-0.4, -0.2) is 29.1 Å². The SMILES string of the molecule is O=C(Nc1ccc(N2CCC(O)(c3ccccc3)CC2)nc1)c1cc(-c2ccccc2)c(C(F)(F)F)s1. The topological polar surface area (TPSA) is 65.5 Å². The first kappa shape index (κ1) is 25.0. The van der Waals surface area contributed by atoms with E-state index in [1.165, 1.54) is 12.3 Å². The summed E-state index contributed by atoms with van der Waals surface area (Å²) in [6, 6.07) is 22.5. The Hall–Kier alpha value is -3.69. The number of pyridine rings is 1. The van der Waals surface area contributed by atoms with Gasteiger partial charge in [-0.15, -0.1) is 11.3 Å². The second-order valence-electron chi connectivity index (χ2n) is 8.96. The van der Waals surface area contributed by atoms with Gasteiger partial charge in [-0.3, -0.25) is 4.79 Å². The number of aliphatic hydroxyl groups is 1. The summed E-state index contributed by atoms with van der Waals surface area (Å²) in [5.74, 6) is 0.0769. The molecule has 4 aromatic rings. The lowest BCUT2D eigenvalue weighted by atomic mass is 9.84. The lowest BCUT2D eigenvalue weighted by Crippen LogP contribution is -2.42. The maximum Gasteiger partial charge on any atom is 0.426 e. The predicted octanol–water partition coefficient (Wildman–Crippen LogP) is 6.57. The summed E-state index contributed by atoms with van der Waals surface area (Å²) in [5.41, 5.74) is 0.794. The zero-order chi connectivity index (χ0) is 26.0. The fourth-order valence-electron chi connectivity index (χ4n) is 4.53. The highest BCUT2D eigenvalue weighted by Crippen LogP contribution is 2.43. The van der Waals surface area contributed by atoms with Crippen LogP contribution in [0.1, 0.15) is 33.0 Å². The van der Waals surface area contributed by atoms with Crippen molar-refractivity contribution in [3.8, 4) is 11.1 Å². The molecule has 3 heterocycles. The maximum atomic E-state index is 13.7. The first-order valence-corrected chi connectivity index (χ1v) is 12.6. The van der Waals surface area contributed by atoms with E-state index in [0.717, 1.165) is 5.56 Å². The third-order valence-electron chi connectivity index (χ3n) is 6.53. The van der Waals surface area contributed by atoms with Gasteiger partial charge in [0.1, 0.15) is 10.7 Å². The zero-order valence-electron chi connectivity index (χ0n) is 19.7. The van der Waals surface area contributed by atoms with E-state index in [9.17, 15) is 23.1 Å². The highest BCUT2D eigenvalue weighted by molar-refractivity contribution is 7.14. The van der Waals surface area contributed by atoms with Gasteiger partial charge in [0.2, 0.25) is 0 Å². The zero-order valence-corrected chi connectivity index (χ0v) is 20.5. The summed E-state index contributed by atoms with van der Waals surface area (Å²) in [5, 5.41) is 13.7. The largest absolute Gasteiger partial charge is 0.426 e. The molecule has 1 fully saturated rings. The molecule has 37 heavy (non-hydrogen) atoms. The fourth-order valence-corrected chi connectivity index (χ4v) is 5.47. The van der Waals surface area contributed by atoms with Crippen molar-refractivity contribution in [2.75, 3.05) is 23.3 Å². The fraction of sp³-hybridized carbons (Fsp3) is 0.214. The van der Waals surface area contributed by atoms with Crippen molar-refractivity contribution in [2.45, 2.75) is 24.6 Å². The molecule has 0 radical (unpaired) electrons. The first-order chi connectivity index (χ1) is 17.7. The molecular formula is C28H24F3N3O2S. The number of hydrogen-bond donors (Lipinski definition) is 2. The van der Waals surface area contributed by atoms with Crippen LogP contribution in [0.25, 0.3) is 11.1 Å². The number of carbonyl (C=O) groups excluding carboxylic acids is 1. The molecule has 1 amide bonds. The molecule has 0 aliphatic carbocycles. The summed E-state index contributed by atoms with van der Waals surface area (Å²) in [4.78, 5) is 18.4. The smallest absolute Gasteiger partial charge is 0.385 e. The molecule has 190 valence electrons. The van der Waals surface area contributed by atoms with Gasteiger partial charge in [0.15, 0.2) is 0 Å². The number of thiophene rings is 1. The molecule has 0 bridgehead atoms. The lowest BCUT2D eigenvalue weighted by Gasteiger charge is -2.39. The Morgan fingerprint density at radius 2 is 1.62 bits per heavy atom. The van der Waals surface area contributed by atoms with Crippen LogP contribution in [0, 0.1) is 0 Å². The summed E-state index contributed by atoms with van der Waals surface area (Å²) >= 11 is 0.423. The molecule has 2 aromatic carbocycles. The number of piperidine rings is 1. The Morgan fingerprint density at radius 1 is 0.973 bits per heavy atom. The van der Waals surface area contributed by atoms with Crippen LogP contribution in [0.3, 0.4) is 0 Å². The molecule has 0 unspecified atom stereocenters. The third kappa shape index (κ3) is 5.38. The number of nitrogens with one attached hydrogen (secondary N) is 1. The van der Waals surface area contributed by atoms with Crippen LogP contribution in [0.4, 0.5) is 24.7 Å². The molecule has 2 N–H and O–H groups in total. The summed E-state index contributed by atoms with van der Waals surface area (Å²) in [6.45, 7) is 1.23. The maximum absolute atomic E-state index is 13.7. The van der Waals surface area contributed by atoms with Gasteiger partial charge in [-0.25, -0.2) is 4.98 Å². The van der Waals surface area contributed by atoms with Crippen molar-refractivity contribution in [1.29, 1.82) is 0 Å². The molecule has 5 rings (SSSR count). The first-order valence-electron chi connectivity index (χ1n) is 11.8. The van der Waals surface area contributed by atoms with Gasteiger partial charge < -0.3 is 15.3 Å². The van der Waals surface area contributed by atoms with E-state index in [4.69, 9.17) is 0 Å². The van der Waals surface area contributed by atoms with E-state index in [1.807, 2.05) is 30.3 Å². The molecular weight excluding hydrogens is 499 g/mol. The van der Waals surface area contributed by atoms with Crippen LogP contribution in [-0.2, 0) is 11.8 Å². The van der Waals surface area contributed by atoms with Gasteiger partial charge in [0, 0.05) is 18.7 Å². The van der Waals surface area contributed by atoms with Gasteiger partial charge in [-0.05, 0) is 42.2 Å². The molecule has 9 heteroatoms. The Balaban J connectivity index is 1.26. The molecule has 0 spiro atoms. The Kier molecular flexibility index (Phi) is 6.74. The second kappa shape index (κ2) is 9.99. The van der Waals surface area contributed by atoms with E-state index >= 15 is 0 Å². The van der Waals surface area contributed by atoms with Crippen molar-refractivity contribution in [1.82, 2.24) is 4.98 Å². The van der Waals surface area contributed by atoms with Crippen LogP contribution in [0.15, 0.2) is 85.1 Å². The second-order valence-corrected chi connectivity index (χ2v) is 10.0. The normalized spacial score (nSPS) is 15.4. The molecule has 2 aromatic heterocycles. The van der Waals surface area contributed by atoms with Crippen molar-refractivity contribution >= 4 is 28.7 Å². The van der Waals surface area contributed by atoms with Crippen molar-refractivity contribution in [3.05, 3.63) is 100 Å². The van der Waals surface area contributed by atoms with Gasteiger partial charge in [0.25, 0.3) is 5.91 Å². The highest BCUT2D eigenvalue weighted by atomic mass is 32.1. The number of nitrogens with zero attached hydrogens (tertiary/aromatic N) is 2. The molecule has 1 saturated heterocycles.